The summed E-state index contributed by atoms with van der Waals surface area (Å²) in [7, 11) is -4.00. The third kappa shape index (κ3) is 3.18. The number of benzene rings is 2. The summed E-state index contributed by atoms with van der Waals surface area (Å²) in [5.41, 5.74) is 0.206. The van der Waals surface area contributed by atoms with Gasteiger partial charge in [0.25, 0.3) is 10.0 Å². The summed E-state index contributed by atoms with van der Waals surface area (Å²) in [6, 6.07) is 9.33. The van der Waals surface area contributed by atoms with E-state index in [-0.39, 0.29) is 10.7 Å². The average molecular weight is 320 g/mol. The Hall–Kier alpha value is -1.30. The van der Waals surface area contributed by atoms with Crippen LogP contribution in [-0.2, 0) is 10.0 Å². The van der Waals surface area contributed by atoms with Gasteiger partial charge in [-0.2, -0.15) is 0 Å². The van der Waals surface area contributed by atoms with Gasteiger partial charge in [-0.05, 0) is 30.3 Å². The van der Waals surface area contributed by atoms with E-state index in [1.165, 1.54) is 36.4 Å². The van der Waals surface area contributed by atoms with Crippen LogP contribution in [0.1, 0.15) is 0 Å². The lowest BCUT2D eigenvalue weighted by Crippen LogP contribution is -2.14. The fourth-order valence-electron chi connectivity index (χ4n) is 1.43. The van der Waals surface area contributed by atoms with Gasteiger partial charge in [0.05, 0.1) is 15.7 Å². The highest BCUT2D eigenvalue weighted by Gasteiger charge is 2.18. The summed E-state index contributed by atoms with van der Waals surface area (Å²) in [6.45, 7) is 0. The third-order valence-electron chi connectivity index (χ3n) is 2.30. The normalized spacial score (nSPS) is 11.3. The van der Waals surface area contributed by atoms with Crippen LogP contribution in [0.5, 0.6) is 0 Å². The van der Waals surface area contributed by atoms with Crippen LogP contribution in [0.4, 0.5) is 10.1 Å². The second-order valence-corrected chi connectivity index (χ2v) is 6.13. The van der Waals surface area contributed by atoms with E-state index in [2.05, 4.69) is 4.72 Å². The zero-order chi connectivity index (χ0) is 14.0. The molecule has 100 valence electrons. The van der Waals surface area contributed by atoms with Gasteiger partial charge in [-0.25, -0.2) is 12.8 Å². The average Bonchev–Trinajstić information content (AvgIpc) is 2.34. The van der Waals surface area contributed by atoms with Crippen LogP contribution in [0.25, 0.3) is 0 Å². The van der Waals surface area contributed by atoms with Crippen LogP contribution in [0.2, 0.25) is 10.0 Å². The molecule has 0 heterocycles. The molecule has 3 nitrogen and oxygen atoms in total. The maximum Gasteiger partial charge on any atom is 0.264 e. The zero-order valence-corrected chi connectivity index (χ0v) is 11.7. The van der Waals surface area contributed by atoms with Crippen molar-refractivity contribution in [3.8, 4) is 0 Å². The molecule has 0 aliphatic heterocycles. The molecule has 0 saturated carbocycles. The Morgan fingerprint density at radius 3 is 2.32 bits per heavy atom. The van der Waals surface area contributed by atoms with E-state index in [1.807, 2.05) is 0 Å². The van der Waals surface area contributed by atoms with Crippen LogP contribution in [0.15, 0.2) is 47.4 Å². The van der Waals surface area contributed by atoms with Crippen LogP contribution in [-0.4, -0.2) is 8.42 Å². The monoisotopic (exact) mass is 319 g/mol. The Bertz CT molecular complexity index is 719. The van der Waals surface area contributed by atoms with E-state index < -0.39 is 20.7 Å². The number of sulfonamides is 1. The summed E-state index contributed by atoms with van der Waals surface area (Å²) in [4.78, 5) is -0.430. The first-order valence-electron chi connectivity index (χ1n) is 5.12. The van der Waals surface area contributed by atoms with Crippen molar-refractivity contribution in [3.63, 3.8) is 0 Å². The molecule has 2 aromatic carbocycles. The number of nitrogens with one attached hydrogen (secondary N) is 1. The van der Waals surface area contributed by atoms with Crippen molar-refractivity contribution in [3.05, 3.63) is 58.3 Å². The lowest BCUT2D eigenvalue weighted by Gasteiger charge is -2.09. The molecule has 0 bridgehead atoms. The first-order valence-corrected chi connectivity index (χ1v) is 7.36. The molecule has 0 aliphatic rings. The minimum atomic E-state index is -4.00. The summed E-state index contributed by atoms with van der Waals surface area (Å²) >= 11 is 11.5. The van der Waals surface area contributed by atoms with E-state index in [0.717, 1.165) is 6.07 Å². The maximum atomic E-state index is 13.5. The van der Waals surface area contributed by atoms with Crippen molar-refractivity contribution in [1.29, 1.82) is 0 Å². The largest absolute Gasteiger partial charge is 0.279 e. The molecule has 0 fully saturated rings. The van der Waals surface area contributed by atoms with Crippen molar-refractivity contribution in [2.24, 2.45) is 0 Å². The van der Waals surface area contributed by atoms with Crippen molar-refractivity contribution in [2.75, 3.05) is 4.72 Å². The highest BCUT2D eigenvalue weighted by Crippen LogP contribution is 2.26. The molecule has 2 rings (SSSR count). The van der Waals surface area contributed by atoms with Crippen LogP contribution >= 0.6 is 23.2 Å². The zero-order valence-electron chi connectivity index (χ0n) is 9.40. The second-order valence-electron chi connectivity index (χ2n) is 3.66. The van der Waals surface area contributed by atoms with E-state index in [9.17, 15) is 12.8 Å². The molecule has 0 radical (unpaired) electrons. The SMILES string of the molecule is O=S(=O)(Nc1ccc(Cl)c(Cl)c1)c1ccccc1F. The Morgan fingerprint density at radius 1 is 1.00 bits per heavy atom. The Balaban J connectivity index is 2.37. The molecule has 0 amide bonds. The van der Waals surface area contributed by atoms with Gasteiger partial charge in [0, 0.05) is 0 Å². The number of rotatable bonds is 3. The molecular formula is C12H8Cl2FNO2S. The standard InChI is InChI=1S/C12H8Cl2FNO2S/c13-9-6-5-8(7-10(9)14)16-19(17,18)12-4-2-1-3-11(12)15/h1-7,16H. The topological polar surface area (TPSA) is 46.2 Å². The van der Waals surface area contributed by atoms with Crippen molar-refractivity contribution >= 4 is 38.9 Å². The fourth-order valence-corrected chi connectivity index (χ4v) is 2.86. The van der Waals surface area contributed by atoms with Gasteiger partial charge in [-0.1, -0.05) is 35.3 Å². The number of anilines is 1. The molecule has 0 saturated heterocycles. The summed E-state index contributed by atoms with van der Waals surface area (Å²) < 4.78 is 39.7. The Morgan fingerprint density at radius 2 is 1.68 bits per heavy atom. The van der Waals surface area contributed by atoms with Gasteiger partial charge in [-0.15, -0.1) is 0 Å². The molecule has 0 aromatic heterocycles. The van der Waals surface area contributed by atoms with Crippen LogP contribution < -0.4 is 4.72 Å². The maximum absolute atomic E-state index is 13.5. The molecule has 0 spiro atoms. The predicted molar refractivity (Wildman–Crippen MR) is 73.7 cm³/mol. The lowest BCUT2D eigenvalue weighted by molar-refractivity contribution is 0.570. The van der Waals surface area contributed by atoms with Crippen molar-refractivity contribution < 1.29 is 12.8 Å². The Labute approximate surface area is 120 Å². The first kappa shape index (κ1) is 14.1. The number of halogens is 3. The fraction of sp³-hybridized carbons (Fsp3) is 0. The molecule has 0 atom stereocenters. The minimum Gasteiger partial charge on any atom is -0.279 e. The molecule has 2 aromatic rings. The van der Waals surface area contributed by atoms with Gasteiger partial charge in [0.15, 0.2) is 0 Å². The molecule has 0 unspecified atom stereocenters. The highest BCUT2D eigenvalue weighted by atomic mass is 35.5. The Kier molecular flexibility index (Phi) is 3.99. The van der Waals surface area contributed by atoms with Crippen LogP contribution in [0.3, 0.4) is 0 Å². The predicted octanol–water partition coefficient (Wildman–Crippen LogP) is 3.93. The smallest absolute Gasteiger partial charge is 0.264 e. The van der Waals surface area contributed by atoms with Crippen molar-refractivity contribution in [2.45, 2.75) is 4.90 Å². The van der Waals surface area contributed by atoms with E-state index in [1.54, 1.807) is 0 Å². The van der Waals surface area contributed by atoms with Gasteiger partial charge in [0.1, 0.15) is 10.7 Å². The molecule has 1 N–H and O–H groups in total. The summed E-state index contributed by atoms with van der Waals surface area (Å²) in [5.74, 6) is -0.824. The van der Waals surface area contributed by atoms with Gasteiger partial charge in [-0.3, -0.25) is 4.72 Å². The number of hydrogen-bond acceptors (Lipinski definition) is 2. The second kappa shape index (κ2) is 5.36. The summed E-state index contributed by atoms with van der Waals surface area (Å²) in [5, 5.41) is 0.505. The minimum absolute atomic E-state index is 0.204. The van der Waals surface area contributed by atoms with E-state index >= 15 is 0 Å². The van der Waals surface area contributed by atoms with Gasteiger partial charge >= 0.3 is 0 Å². The highest BCUT2D eigenvalue weighted by molar-refractivity contribution is 7.92. The van der Waals surface area contributed by atoms with Crippen LogP contribution in [0, 0.1) is 5.82 Å². The lowest BCUT2D eigenvalue weighted by atomic mass is 10.3. The molecule has 7 heteroatoms. The van der Waals surface area contributed by atoms with E-state index in [4.69, 9.17) is 23.2 Å². The summed E-state index contributed by atoms with van der Waals surface area (Å²) in [6.07, 6.45) is 0. The van der Waals surface area contributed by atoms with E-state index in [0.29, 0.717) is 5.02 Å². The van der Waals surface area contributed by atoms with Crippen molar-refractivity contribution in [1.82, 2.24) is 0 Å². The van der Waals surface area contributed by atoms with Gasteiger partial charge in [0.2, 0.25) is 0 Å². The van der Waals surface area contributed by atoms with Gasteiger partial charge < -0.3 is 0 Å². The number of hydrogen-bond donors (Lipinski definition) is 1. The third-order valence-corrected chi connectivity index (χ3v) is 4.45. The molecular weight excluding hydrogens is 312 g/mol. The molecule has 19 heavy (non-hydrogen) atoms. The molecule has 0 aliphatic carbocycles. The first-order chi connectivity index (χ1) is 8.90. The quantitative estimate of drug-likeness (QED) is 0.931.